The van der Waals surface area contributed by atoms with Gasteiger partial charge in [-0.05, 0) is 32.1 Å². The van der Waals surface area contributed by atoms with Crippen molar-refractivity contribution in [3.05, 3.63) is 12.2 Å². The van der Waals surface area contributed by atoms with Crippen LogP contribution in [0, 0.1) is 0 Å². The van der Waals surface area contributed by atoms with E-state index < -0.39 is 10.4 Å². The van der Waals surface area contributed by atoms with Crippen LogP contribution < -0.4 is 0 Å². The minimum Gasteiger partial charge on any atom is -0.264 e. The second-order valence-electron chi connectivity index (χ2n) is 6.54. The van der Waals surface area contributed by atoms with E-state index in [2.05, 4.69) is 23.3 Å². The summed E-state index contributed by atoms with van der Waals surface area (Å²) in [4.78, 5) is 0. The molecule has 0 aromatic rings. The molecule has 0 unspecified atom stereocenters. The summed E-state index contributed by atoms with van der Waals surface area (Å²) >= 11 is 0. The van der Waals surface area contributed by atoms with E-state index in [4.69, 9.17) is 4.55 Å². The van der Waals surface area contributed by atoms with Gasteiger partial charge in [0.1, 0.15) is 0 Å². The fraction of sp³-hybridized carbons (Fsp3) is 0.895. The molecule has 0 radical (unpaired) electrons. The highest BCUT2D eigenvalue weighted by atomic mass is 32.3. The summed E-state index contributed by atoms with van der Waals surface area (Å²) in [7, 11) is -4.25. The third-order valence-electron chi connectivity index (χ3n) is 4.14. The van der Waals surface area contributed by atoms with E-state index in [0.29, 0.717) is 6.42 Å². The second kappa shape index (κ2) is 17.4. The van der Waals surface area contributed by atoms with Gasteiger partial charge in [0.2, 0.25) is 0 Å². The fourth-order valence-corrected chi connectivity index (χ4v) is 3.02. The number of hydrogen-bond acceptors (Lipinski definition) is 3. The normalized spacial score (nSPS) is 12.2. The summed E-state index contributed by atoms with van der Waals surface area (Å²) in [5, 5.41) is 0. The van der Waals surface area contributed by atoms with Gasteiger partial charge in [-0.15, -0.1) is 0 Å². The Hall–Kier alpha value is -0.390. The average molecular weight is 363 g/mol. The third kappa shape index (κ3) is 21.6. The standard InChI is InChI=1S/C19H38O4S/c1-2-3-4-5-6-7-8-9-10-11-12-13-14-15-16-17-18-19-23-24(20,21)22/h9-10H,2-8,11-19H2,1H3,(H,20,21,22)/b10-9-. The van der Waals surface area contributed by atoms with Crippen LogP contribution in [0.3, 0.4) is 0 Å². The topological polar surface area (TPSA) is 63.6 Å². The second-order valence-corrected chi connectivity index (χ2v) is 7.63. The summed E-state index contributed by atoms with van der Waals surface area (Å²) in [6, 6.07) is 0. The Bertz CT molecular complexity index is 377. The molecule has 0 fully saturated rings. The first-order valence-corrected chi connectivity index (χ1v) is 11.2. The van der Waals surface area contributed by atoms with E-state index >= 15 is 0 Å². The van der Waals surface area contributed by atoms with E-state index in [9.17, 15) is 8.42 Å². The monoisotopic (exact) mass is 362 g/mol. The van der Waals surface area contributed by atoms with Crippen LogP contribution in [0.5, 0.6) is 0 Å². The minimum atomic E-state index is -4.25. The Morgan fingerprint density at radius 2 is 1.12 bits per heavy atom. The van der Waals surface area contributed by atoms with Gasteiger partial charge in [-0.25, -0.2) is 4.18 Å². The molecule has 0 saturated carbocycles. The van der Waals surface area contributed by atoms with Crippen molar-refractivity contribution in [2.45, 2.75) is 103 Å². The molecule has 0 saturated heterocycles. The Balaban J connectivity index is 3.13. The Labute approximate surface area is 150 Å². The summed E-state index contributed by atoms with van der Waals surface area (Å²) in [6.07, 6.45) is 23.0. The number of hydrogen-bond donors (Lipinski definition) is 1. The first kappa shape index (κ1) is 23.6. The van der Waals surface area contributed by atoms with Crippen molar-refractivity contribution in [3.63, 3.8) is 0 Å². The molecule has 0 aliphatic rings. The smallest absolute Gasteiger partial charge is 0.264 e. The maximum atomic E-state index is 10.3. The lowest BCUT2D eigenvalue weighted by Crippen LogP contribution is -2.04. The lowest BCUT2D eigenvalue weighted by atomic mass is 10.1. The lowest BCUT2D eigenvalue weighted by molar-refractivity contribution is 0.261. The molecule has 5 heteroatoms. The molecule has 0 heterocycles. The van der Waals surface area contributed by atoms with Gasteiger partial charge in [-0.1, -0.05) is 83.3 Å². The van der Waals surface area contributed by atoms with E-state index in [1.807, 2.05) is 0 Å². The Kier molecular flexibility index (Phi) is 17.2. The molecule has 24 heavy (non-hydrogen) atoms. The highest BCUT2D eigenvalue weighted by Crippen LogP contribution is 2.10. The number of allylic oxidation sites excluding steroid dienone is 2. The summed E-state index contributed by atoms with van der Waals surface area (Å²) in [5.41, 5.74) is 0. The molecular weight excluding hydrogens is 324 g/mol. The van der Waals surface area contributed by atoms with Gasteiger partial charge in [0.05, 0.1) is 6.61 Å². The molecule has 0 aliphatic carbocycles. The van der Waals surface area contributed by atoms with Crippen molar-refractivity contribution in [2.24, 2.45) is 0 Å². The van der Waals surface area contributed by atoms with Gasteiger partial charge < -0.3 is 0 Å². The largest absolute Gasteiger partial charge is 0.397 e. The van der Waals surface area contributed by atoms with Gasteiger partial charge in [-0.3, -0.25) is 4.55 Å². The van der Waals surface area contributed by atoms with Gasteiger partial charge in [0.15, 0.2) is 0 Å². The van der Waals surface area contributed by atoms with Crippen molar-refractivity contribution < 1.29 is 17.2 Å². The molecule has 0 spiro atoms. The van der Waals surface area contributed by atoms with E-state index in [1.165, 1.54) is 77.0 Å². The van der Waals surface area contributed by atoms with Crippen LogP contribution in [-0.2, 0) is 14.6 Å². The maximum absolute atomic E-state index is 10.3. The van der Waals surface area contributed by atoms with Crippen LogP contribution in [0.4, 0.5) is 0 Å². The molecule has 0 aromatic carbocycles. The highest BCUT2D eigenvalue weighted by Gasteiger charge is 2.02. The average Bonchev–Trinajstić information content (AvgIpc) is 2.52. The van der Waals surface area contributed by atoms with Crippen LogP contribution in [-0.4, -0.2) is 19.6 Å². The lowest BCUT2D eigenvalue weighted by Gasteiger charge is -2.01. The van der Waals surface area contributed by atoms with Gasteiger partial charge >= 0.3 is 10.4 Å². The van der Waals surface area contributed by atoms with Crippen molar-refractivity contribution in [2.75, 3.05) is 6.61 Å². The molecular formula is C19H38O4S. The van der Waals surface area contributed by atoms with Crippen molar-refractivity contribution in [3.8, 4) is 0 Å². The Morgan fingerprint density at radius 3 is 1.58 bits per heavy atom. The van der Waals surface area contributed by atoms with Crippen LogP contribution in [0.25, 0.3) is 0 Å². The summed E-state index contributed by atoms with van der Waals surface area (Å²) in [5.74, 6) is 0. The van der Waals surface area contributed by atoms with Gasteiger partial charge in [0.25, 0.3) is 0 Å². The zero-order valence-corrected chi connectivity index (χ0v) is 16.4. The van der Waals surface area contributed by atoms with Crippen LogP contribution in [0.1, 0.15) is 103 Å². The minimum absolute atomic E-state index is 0.0855. The molecule has 0 bridgehead atoms. The van der Waals surface area contributed by atoms with Crippen molar-refractivity contribution in [1.29, 1.82) is 0 Å². The van der Waals surface area contributed by atoms with Gasteiger partial charge in [0, 0.05) is 0 Å². The van der Waals surface area contributed by atoms with Crippen molar-refractivity contribution >= 4 is 10.4 Å². The van der Waals surface area contributed by atoms with E-state index in [1.54, 1.807) is 0 Å². The van der Waals surface area contributed by atoms with Crippen LogP contribution in [0.2, 0.25) is 0 Å². The molecule has 0 atom stereocenters. The van der Waals surface area contributed by atoms with E-state index in [-0.39, 0.29) is 6.61 Å². The molecule has 4 nitrogen and oxygen atoms in total. The summed E-state index contributed by atoms with van der Waals surface area (Å²) < 4.78 is 33.3. The van der Waals surface area contributed by atoms with Crippen LogP contribution in [0.15, 0.2) is 12.2 Å². The molecule has 144 valence electrons. The molecule has 0 rings (SSSR count). The number of rotatable bonds is 18. The SMILES string of the molecule is CCCCCCCC/C=C\CCCCCCCCCOS(=O)(=O)O. The predicted octanol–water partition coefficient (Wildman–Crippen LogP) is 6.23. The molecule has 0 aromatic heterocycles. The van der Waals surface area contributed by atoms with Gasteiger partial charge in [-0.2, -0.15) is 8.42 Å². The highest BCUT2D eigenvalue weighted by molar-refractivity contribution is 7.80. The molecule has 0 amide bonds. The molecule has 0 aliphatic heterocycles. The zero-order valence-electron chi connectivity index (χ0n) is 15.5. The van der Waals surface area contributed by atoms with Crippen molar-refractivity contribution in [1.82, 2.24) is 0 Å². The maximum Gasteiger partial charge on any atom is 0.397 e. The third-order valence-corrected chi connectivity index (χ3v) is 4.60. The Morgan fingerprint density at radius 1 is 0.708 bits per heavy atom. The fourth-order valence-electron chi connectivity index (χ4n) is 2.69. The first-order valence-electron chi connectivity index (χ1n) is 9.83. The zero-order chi connectivity index (χ0) is 17.9. The first-order chi connectivity index (χ1) is 11.6. The predicted molar refractivity (Wildman–Crippen MR) is 102 cm³/mol. The number of unbranched alkanes of at least 4 members (excludes halogenated alkanes) is 13. The quantitative estimate of drug-likeness (QED) is 0.178. The summed E-state index contributed by atoms with van der Waals surface area (Å²) in [6.45, 7) is 2.34. The van der Waals surface area contributed by atoms with Crippen LogP contribution >= 0.6 is 0 Å². The van der Waals surface area contributed by atoms with E-state index in [0.717, 1.165) is 12.8 Å². The molecule has 1 N–H and O–H groups in total.